The lowest BCUT2D eigenvalue weighted by Crippen LogP contribution is -2.07. The zero-order valence-corrected chi connectivity index (χ0v) is 10.2. The standard InChI is InChI=1S/C14H18O2/c1-9(2)13(15)11(4)14(16)12-7-5-10(3)6-8-12/h5-9,15H,1-4H3/b13-11-. The third-order valence-corrected chi connectivity index (χ3v) is 2.59. The summed E-state index contributed by atoms with van der Waals surface area (Å²) in [5.74, 6) is 0.0474. The minimum absolute atomic E-state index is 0.0191. The average Bonchev–Trinajstić information content (AvgIpc) is 2.27. The molecule has 0 heterocycles. The number of carbonyl (C=O) groups excluding carboxylic acids is 1. The van der Waals surface area contributed by atoms with Crippen molar-refractivity contribution in [3.05, 3.63) is 46.7 Å². The van der Waals surface area contributed by atoms with E-state index in [0.29, 0.717) is 11.1 Å². The summed E-state index contributed by atoms with van der Waals surface area (Å²) in [7, 11) is 0. The second-order valence-electron chi connectivity index (χ2n) is 4.36. The van der Waals surface area contributed by atoms with Crippen LogP contribution in [0.1, 0.15) is 36.7 Å². The molecule has 0 saturated carbocycles. The molecule has 86 valence electrons. The van der Waals surface area contributed by atoms with Gasteiger partial charge in [0, 0.05) is 17.1 Å². The monoisotopic (exact) mass is 218 g/mol. The van der Waals surface area contributed by atoms with E-state index in [9.17, 15) is 9.90 Å². The largest absolute Gasteiger partial charge is 0.512 e. The minimum atomic E-state index is -0.105. The topological polar surface area (TPSA) is 37.3 Å². The zero-order chi connectivity index (χ0) is 12.3. The molecule has 0 aromatic heterocycles. The van der Waals surface area contributed by atoms with Crippen LogP contribution < -0.4 is 0 Å². The van der Waals surface area contributed by atoms with E-state index in [1.807, 2.05) is 32.9 Å². The van der Waals surface area contributed by atoms with Gasteiger partial charge in [-0.2, -0.15) is 0 Å². The molecule has 0 amide bonds. The quantitative estimate of drug-likeness (QED) is 0.477. The Bertz CT molecular complexity index is 411. The van der Waals surface area contributed by atoms with Crippen molar-refractivity contribution in [1.82, 2.24) is 0 Å². The van der Waals surface area contributed by atoms with Crippen molar-refractivity contribution in [2.45, 2.75) is 27.7 Å². The van der Waals surface area contributed by atoms with Gasteiger partial charge in [-0.1, -0.05) is 43.7 Å². The number of aliphatic hydroxyl groups excluding tert-OH is 1. The molecular weight excluding hydrogens is 200 g/mol. The van der Waals surface area contributed by atoms with Crippen molar-refractivity contribution in [3.63, 3.8) is 0 Å². The summed E-state index contributed by atoms with van der Waals surface area (Å²) in [5, 5.41) is 9.74. The van der Waals surface area contributed by atoms with Gasteiger partial charge in [-0.05, 0) is 13.8 Å². The van der Waals surface area contributed by atoms with Gasteiger partial charge < -0.3 is 5.11 Å². The van der Waals surface area contributed by atoms with Gasteiger partial charge in [-0.15, -0.1) is 0 Å². The normalized spacial score (nSPS) is 12.6. The number of ketones is 1. The molecular formula is C14H18O2. The Morgan fingerprint density at radius 3 is 2.12 bits per heavy atom. The van der Waals surface area contributed by atoms with Crippen molar-refractivity contribution < 1.29 is 9.90 Å². The highest BCUT2D eigenvalue weighted by Gasteiger charge is 2.14. The molecule has 1 rings (SSSR count). The maximum absolute atomic E-state index is 12.0. The summed E-state index contributed by atoms with van der Waals surface area (Å²) < 4.78 is 0. The molecule has 2 heteroatoms. The molecule has 0 bridgehead atoms. The summed E-state index contributed by atoms with van der Waals surface area (Å²) in [6, 6.07) is 7.36. The number of Topliss-reactive ketones (excluding diaryl/α,β-unsaturated/α-hetero) is 1. The van der Waals surface area contributed by atoms with Crippen LogP contribution in [0.3, 0.4) is 0 Å². The van der Waals surface area contributed by atoms with Gasteiger partial charge in [-0.25, -0.2) is 0 Å². The van der Waals surface area contributed by atoms with E-state index in [2.05, 4.69) is 0 Å². The maximum Gasteiger partial charge on any atom is 0.192 e. The molecule has 1 N–H and O–H groups in total. The number of aliphatic hydroxyl groups is 1. The smallest absolute Gasteiger partial charge is 0.192 e. The zero-order valence-electron chi connectivity index (χ0n) is 10.2. The van der Waals surface area contributed by atoms with Crippen molar-refractivity contribution in [3.8, 4) is 0 Å². The molecule has 16 heavy (non-hydrogen) atoms. The van der Waals surface area contributed by atoms with E-state index in [0.717, 1.165) is 5.56 Å². The first-order valence-corrected chi connectivity index (χ1v) is 5.44. The molecule has 1 aromatic carbocycles. The molecule has 2 nitrogen and oxygen atoms in total. The highest BCUT2D eigenvalue weighted by atomic mass is 16.3. The van der Waals surface area contributed by atoms with Gasteiger partial charge >= 0.3 is 0 Å². The number of hydrogen-bond acceptors (Lipinski definition) is 2. The summed E-state index contributed by atoms with van der Waals surface area (Å²) >= 11 is 0. The number of carbonyl (C=O) groups is 1. The molecule has 0 aliphatic heterocycles. The van der Waals surface area contributed by atoms with Crippen LogP contribution >= 0.6 is 0 Å². The first-order valence-electron chi connectivity index (χ1n) is 5.44. The molecule has 1 aromatic rings. The van der Waals surface area contributed by atoms with Gasteiger partial charge in [0.1, 0.15) is 5.76 Å². The Kier molecular flexibility index (Phi) is 3.88. The van der Waals surface area contributed by atoms with Crippen LogP contribution in [-0.4, -0.2) is 10.9 Å². The first-order chi connectivity index (χ1) is 7.43. The molecule has 0 unspecified atom stereocenters. The Morgan fingerprint density at radius 1 is 1.19 bits per heavy atom. The number of aryl methyl sites for hydroxylation is 1. The second kappa shape index (κ2) is 4.97. The Hall–Kier alpha value is -1.57. The van der Waals surface area contributed by atoms with Gasteiger partial charge in [0.15, 0.2) is 5.78 Å². The fourth-order valence-corrected chi connectivity index (χ4v) is 1.47. The molecule has 0 atom stereocenters. The third-order valence-electron chi connectivity index (χ3n) is 2.59. The minimum Gasteiger partial charge on any atom is -0.512 e. The Labute approximate surface area is 96.6 Å². The predicted molar refractivity (Wildman–Crippen MR) is 65.7 cm³/mol. The van der Waals surface area contributed by atoms with Crippen LogP contribution in [0, 0.1) is 12.8 Å². The van der Waals surface area contributed by atoms with Crippen molar-refractivity contribution >= 4 is 5.78 Å². The SMILES string of the molecule is C/C(C(=O)c1ccc(C)cc1)=C(/O)C(C)C. The fourth-order valence-electron chi connectivity index (χ4n) is 1.47. The summed E-state index contributed by atoms with van der Waals surface area (Å²) in [4.78, 5) is 12.0. The molecule has 0 aliphatic rings. The van der Waals surface area contributed by atoms with Crippen molar-refractivity contribution in [1.29, 1.82) is 0 Å². The van der Waals surface area contributed by atoms with Gasteiger partial charge in [0.05, 0.1) is 0 Å². The first kappa shape index (κ1) is 12.5. The number of benzene rings is 1. The van der Waals surface area contributed by atoms with Crippen LogP contribution in [0.25, 0.3) is 0 Å². The lowest BCUT2D eigenvalue weighted by Gasteiger charge is -2.08. The van der Waals surface area contributed by atoms with E-state index in [1.54, 1.807) is 19.1 Å². The molecule has 0 saturated heterocycles. The van der Waals surface area contributed by atoms with Crippen molar-refractivity contribution in [2.75, 3.05) is 0 Å². The van der Waals surface area contributed by atoms with E-state index in [-0.39, 0.29) is 17.5 Å². The molecule has 0 spiro atoms. The summed E-state index contributed by atoms with van der Waals surface area (Å²) in [6.45, 7) is 7.36. The molecule has 0 fully saturated rings. The maximum atomic E-state index is 12.0. The Balaban J connectivity index is 3.03. The second-order valence-corrected chi connectivity index (χ2v) is 4.36. The third kappa shape index (κ3) is 2.72. The highest BCUT2D eigenvalue weighted by molar-refractivity contribution is 6.08. The van der Waals surface area contributed by atoms with Gasteiger partial charge in [0.2, 0.25) is 0 Å². The number of rotatable bonds is 3. The van der Waals surface area contributed by atoms with Crippen molar-refractivity contribution in [2.24, 2.45) is 5.92 Å². The fraction of sp³-hybridized carbons (Fsp3) is 0.357. The summed E-state index contributed by atoms with van der Waals surface area (Å²) in [5.41, 5.74) is 2.17. The lowest BCUT2D eigenvalue weighted by molar-refractivity contribution is 0.102. The number of allylic oxidation sites excluding steroid dienone is 2. The number of hydrogen-bond donors (Lipinski definition) is 1. The van der Waals surface area contributed by atoms with Crippen LogP contribution in [0.5, 0.6) is 0 Å². The van der Waals surface area contributed by atoms with Crippen LogP contribution in [0.2, 0.25) is 0 Å². The average molecular weight is 218 g/mol. The highest BCUT2D eigenvalue weighted by Crippen LogP contribution is 2.16. The van der Waals surface area contributed by atoms with E-state index in [4.69, 9.17) is 0 Å². The molecule has 0 aliphatic carbocycles. The molecule has 0 radical (unpaired) electrons. The van der Waals surface area contributed by atoms with E-state index in [1.165, 1.54) is 0 Å². The summed E-state index contributed by atoms with van der Waals surface area (Å²) in [6.07, 6.45) is 0. The Morgan fingerprint density at radius 2 is 1.69 bits per heavy atom. The predicted octanol–water partition coefficient (Wildman–Crippen LogP) is 3.67. The lowest BCUT2D eigenvalue weighted by atomic mass is 9.99. The van der Waals surface area contributed by atoms with E-state index < -0.39 is 0 Å². The van der Waals surface area contributed by atoms with Crippen LogP contribution in [0.15, 0.2) is 35.6 Å². The van der Waals surface area contributed by atoms with Gasteiger partial charge in [-0.3, -0.25) is 4.79 Å². The van der Waals surface area contributed by atoms with Crippen LogP contribution in [0.4, 0.5) is 0 Å². The van der Waals surface area contributed by atoms with Gasteiger partial charge in [0.25, 0.3) is 0 Å². The van der Waals surface area contributed by atoms with Crippen LogP contribution in [-0.2, 0) is 0 Å². The van der Waals surface area contributed by atoms with E-state index >= 15 is 0 Å².